The van der Waals surface area contributed by atoms with Crippen molar-refractivity contribution in [3.05, 3.63) is 22.8 Å². The number of aliphatic hydroxyl groups excluding tert-OH is 1. The summed E-state index contributed by atoms with van der Waals surface area (Å²) in [5.74, 6) is -0.355. The van der Waals surface area contributed by atoms with Crippen LogP contribution in [0.1, 0.15) is 6.42 Å². The lowest BCUT2D eigenvalue weighted by atomic mass is 10.1. The molecule has 0 aromatic heterocycles. The third kappa shape index (κ3) is 1.95. The molecule has 0 bridgehead atoms. The number of nitrogens with zero attached hydrogens (tertiary/aromatic N) is 2. The summed E-state index contributed by atoms with van der Waals surface area (Å²) in [6.45, 7) is 0. The standard InChI is InChI=1S/C9H9BrN2O3/c10-5-1-2-7-11-9(15)6(3-8(13)14)12(7)4-5/h1-2,4,6,9,15H,3H2,(H,13,14). The number of amidine groups is 1. The van der Waals surface area contributed by atoms with Crippen molar-refractivity contribution in [2.75, 3.05) is 0 Å². The maximum absolute atomic E-state index is 10.6. The number of carbonyl (C=O) groups is 1. The van der Waals surface area contributed by atoms with Crippen LogP contribution < -0.4 is 0 Å². The van der Waals surface area contributed by atoms with Crippen LogP contribution in [0, 0.1) is 0 Å². The van der Waals surface area contributed by atoms with Gasteiger partial charge in [-0.2, -0.15) is 0 Å². The van der Waals surface area contributed by atoms with Crippen molar-refractivity contribution in [2.45, 2.75) is 18.7 Å². The van der Waals surface area contributed by atoms with Gasteiger partial charge in [-0.1, -0.05) is 0 Å². The highest BCUT2D eigenvalue weighted by atomic mass is 79.9. The fraction of sp³-hybridized carbons (Fsp3) is 0.333. The van der Waals surface area contributed by atoms with Gasteiger partial charge in [0.05, 0.1) is 12.5 Å². The smallest absolute Gasteiger partial charge is 0.305 e. The molecule has 2 unspecified atom stereocenters. The molecule has 0 spiro atoms. The Bertz CT molecular complexity index is 389. The molecule has 5 nitrogen and oxygen atoms in total. The molecule has 0 saturated heterocycles. The molecule has 0 amide bonds. The van der Waals surface area contributed by atoms with E-state index in [1.54, 1.807) is 23.3 Å². The number of rotatable bonds is 2. The Kier molecular flexibility index (Phi) is 2.62. The van der Waals surface area contributed by atoms with Gasteiger partial charge in [-0.05, 0) is 28.1 Å². The van der Waals surface area contributed by atoms with Gasteiger partial charge in [0, 0.05) is 10.7 Å². The summed E-state index contributed by atoms with van der Waals surface area (Å²) in [4.78, 5) is 16.2. The van der Waals surface area contributed by atoms with Crippen LogP contribution in [0.5, 0.6) is 0 Å². The van der Waals surface area contributed by atoms with E-state index in [4.69, 9.17) is 5.11 Å². The molecule has 2 rings (SSSR count). The molecule has 2 aliphatic rings. The molecule has 2 heterocycles. The third-order valence-corrected chi connectivity index (χ3v) is 2.74. The topological polar surface area (TPSA) is 73.1 Å². The molecule has 2 N–H and O–H groups in total. The Morgan fingerprint density at radius 3 is 3.00 bits per heavy atom. The first kappa shape index (κ1) is 10.4. The van der Waals surface area contributed by atoms with Gasteiger partial charge in [0.25, 0.3) is 0 Å². The van der Waals surface area contributed by atoms with E-state index in [1.807, 2.05) is 0 Å². The van der Waals surface area contributed by atoms with E-state index >= 15 is 0 Å². The SMILES string of the molecule is O=C(O)CC1C(O)N=C2C=CC(Br)=CN21. The van der Waals surface area contributed by atoms with Gasteiger partial charge in [0.1, 0.15) is 5.84 Å². The predicted octanol–water partition coefficient (Wildman–Crippen LogP) is 0.668. The zero-order valence-corrected chi connectivity index (χ0v) is 9.25. The van der Waals surface area contributed by atoms with Crippen molar-refractivity contribution in [1.82, 2.24) is 4.90 Å². The molecule has 0 aromatic carbocycles. The summed E-state index contributed by atoms with van der Waals surface area (Å²) < 4.78 is 0.825. The molecule has 2 aliphatic heterocycles. The van der Waals surface area contributed by atoms with Crippen LogP contribution in [0.3, 0.4) is 0 Å². The average molecular weight is 273 g/mol. The van der Waals surface area contributed by atoms with Crippen molar-refractivity contribution in [3.8, 4) is 0 Å². The molecule has 15 heavy (non-hydrogen) atoms. The normalized spacial score (nSPS) is 28.5. The number of aliphatic carboxylic acids is 1. The van der Waals surface area contributed by atoms with Crippen molar-refractivity contribution in [1.29, 1.82) is 0 Å². The number of hydrogen-bond donors (Lipinski definition) is 2. The van der Waals surface area contributed by atoms with E-state index in [-0.39, 0.29) is 6.42 Å². The summed E-state index contributed by atoms with van der Waals surface area (Å²) in [5, 5.41) is 18.3. The number of carboxylic acid groups (broad SMARTS) is 1. The summed E-state index contributed by atoms with van der Waals surface area (Å²) in [6.07, 6.45) is 4.14. The monoisotopic (exact) mass is 272 g/mol. The number of aliphatic imine (C=N–C) groups is 1. The number of halogens is 1. The first-order valence-corrected chi connectivity index (χ1v) is 5.18. The lowest BCUT2D eigenvalue weighted by Gasteiger charge is -2.25. The first-order chi connectivity index (χ1) is 7.08. The van der Waals surface area contributed by atoms with Gasteiger partial charge in [0.15, 0.2) is 6.23 Å². The van der Waals surface area contributed by atoms with Crippen LogP contribution in [0.2, 0.25) is 0 Å². The highest BCUT2D eigenvalue weighted by molar-refractivity contribution is 9.11. The number of hydrogen-bond acceptors (Lipinski definition) is 4. The van der Waals surface area contributed by atoms with Crippen LogP contribution in [0.25, 0.3) is 0 Å². The van der Waals surface area contributed by atoms with Gasteiger partial charge >= 0.3 is 5.97 Å². The van der Waals surface area contributed by atoms with E-state index < -0.39 is 18.2 Å². The summed E-state index contributed by atoms with van der Waals surface area (Å²) in [7, 11) is 0. The quantitative estimate of drug-likeness (QED) is 0.775. The molecule has 2 atom stereocenters. The van der Waals surface area contributed by atoms with Crippen LogP contribution in [-0.2, 0) is 4.79 Å². The molecule has 0 fully saturated rings. The summed E-state index contributed by atoms with van der Waals surface area (Å²) >= 11 is 3.29. The lowest BCUT2D eigenvalue weighted by Crippen LogP contribution is -2.38. The van der Waals surface area contributed by atoms with Gasteiger partial charge < -0.3 is 15.1 Å². The minimum Gasteiger partial charge on any atom is -0.481 e. The van der Waals surface area contributed by atoms with Crippen LogP contribution in [0.4, 0.5) is 0 Å². The molecule has 0 radical (unpaired) electrons. The van der Waals surface area contributed by atoms with Crippen LogP contribution in [-0.4, -0.2) is 39.2 Å². The minimum atomic E-state index is -0.976. The van der Waals surface area contributed by atoms with Crippen molar-refractivity contribution in [3.63, 3.8) is 0 Å². The summed E-state index contributed by atoms with van der Waals surface area (Å²) in [5.41, 5.74) is 0. The number of fused-ring (bicyclic) bond motifs is 1. The van der Waals surface area contributed by atoms with Crippen molar-refractivity contribution < 1.29 is 15.0 Å². The van der Waals surface area contributed by atoms with Crippen LogP contribution in [0.15, 0.2) is 27.8 Å². The fourth-order valence-corrected chi connectivity index (χ4v) is 1.96. The molecular formula is C9H9BrN2O3. The molecular weight excluding hydrogens is 264 g/mol. The van der Waals surface area contributed by atoms with Crippen molar-refractivity contribution >= 4 is 27.7 Å². The maximum Gasteiger partial charge on any atom is 0.305 e. The van der Waals surface area contributed by atoms with E-state index in [0.29, 0.717) is 5.84 Å². The van der Waals surface area contributed by atoms with Gasteiger partial charge in [0.2, 0.25) is 0 Å². The second kappa shape index (κ2) is 3.79. The molecule has 0 saturated carbocycles. The summed E-state index contributed by atoms with van der Waals surface area (Å²) in [6, 6.07) is -0.519. The Morgan fingerprint density at radius 1 is 1.60 bits per heavy atom. The highest BCUT2D eigenvalue weighted by Gasteiger charge is 2.35. The number of carboxylic acids is 1. The largest absolute Gasteiger partial charge is 0.481 e. The Balaban J connectivity index is 2.23. The van der Waals surface area contributed by atoms with Crippen LogP contribution >= 0.6 is 15.9 Å². The second-order valence-electron chi connectivity index (χ2n) is 3.32. The Morgan fingerprint density at radius 2 is 2.33 bits per heavy atom. The lowest BCUT2D eigenvalue weighted by molar-refractivity contribution is -0.138. The van der Waals surface area contributed by atoms with Crippen molar-refractivity contribution in [2.24, 2.45) is 4.99 Å². The van der Waals surface area contributed by atoms with Gasteiger partial charge in [-0.15, -0.1) is 0 Å². The third-order valence-electron chi connectivity index (χ3n) is 2.27. The zero-order chi connectivity index (χ0) is 11.0. The highest BCUT2D eigenvalue weighted by Crippen LogP contribution is 2.26. The fourth-order valence-electron chi connectivity index (χ4n) is 1.61. The Labute approximate surface area is 94.5 Å². The molecule has 6 heteroatoms. The predicted molar refractivity (Wildman–Crippen MR) is 57.5 cm³/mol. The zero-order valence-electron chi connectivity index (χ0n) is 7.67. The molecule has 0 aromatic rings. The first-order valence-electron chi connectivity index (χ1n) is 4.39. The number of aliphatic hydroxyl groups is 1. The number of allylic oxidation sites excluding steroid dienone is 2. The van der Waals surface area contributed by atoms with E-state index in [2.05, 4.69) is 20.9 Å². The van der Waals surface area contributed by atoms with Gasteiger partial charge in [-0.3, -0.25) is 4.79 Å². The molecule has 0 aliphatic carbocycles. The molecule has 80 valence electrons. The van der Waals surface area contributed by atoms with E-state index in [9.17, 15) is 9.90 Å². The van der Waals surface area contributed by atoms with E-state index in [0.717, 1.165) is 4.48 Å². The average Bonchev–Trinajstić information content (AvgIpc) is 2.43. The van der Waals surface area contributed by atoms with E-state index in [1.165, 1.54) is 0 Å². The second-order valence-corrected chi connectivity index (χ2v) is 4.24. The Hall–Kier alpha value is -1.14. The van der Waals surface area contributed by atoms with Gasteiger partial charge in [-0.25, -0.2) is 4.99 Å². The maximum atomic E-state index is 10.6. The minimum absolute atomic E-state index is 0.140.